The summed E-state index contributed by atoms with van der Waals surface area (Å²) in [7, 11) is 0. The Balaban J connectivity index is 1.41. The number of aliphatic hydroxyl groups excluding tert-OH is 2. The maximum Gasteiger partial charge on any atom is 0.329 e. The van der Waals surface area contributed by atoms with E-state index in [0.717, 1.165) is 42.1 Å². The largest absolute Gasteiger partial charge is 0.491 e. The van der Waals surface area contributed by atoms with Gasteiger partial charge in [-0.05, 0) is 43.7 Å². The van der Waals surface area contributed by atoms with Crippen molar-refractivity contribution < 1.29 is 19.7 Å². The lowest BCUT2D eigenvalue weighted by Crippen LogP contribution is -2.48. The number of aromatic nitrogens is 3. The molecule has 0 saturated carbocycles. The minimum Gasteiger partial charge on any atom is -0.491 e. The summed E-state index contributed by atoms with van der Waals surface area (Å²) in [6.07, 6.45) is 3.14. The number of aryl methyl sites for hydroxylation is 1. The summed E-state index contributed by atoms with van der Waals surface area (Å²) >= 11 is 0. The minimum atomic E-state index is -0.981. The lowest BCUT2D eigenvalue weighted by atomic mass is 10.1. The molecule has 0 aliphatic carbocycles. The fourth-order valence-electron chi connectivity index (χ4n) is 4.32. The van der Waals surface area contributed by atoms with Gasteiger partial charge in [-0.1, -0.05) is 0 Å². The first-order valence-electron chi connectivity index (χ1n) is 11.2. The number of hydrogen-bond acceptors (Lipinski definition) is 8. The second-order valence-corrected chi connectivity index (χ2v) is 8.44. The number of nitrogens with one attached hydrogen (secondary N) is 1. The lowest BCUT2D eigenvalue weighted by molar-refractivity contribution is 0.0536. The zero-order chi connectivity index (χ0) is 23.7. The molecule has 1 unspecified atom stereocenters. The SMILES string of the molecule is Cc1cc(-c2ccc3c(n2)N(C(=O)Nc2cc(OC[C@@H](O)CO)ccn2)C2CCN3C2)ccn1. The number of hydrogen-bond donors (Lipinski definition) is 3. The fourth-order valence-corrected chi connectivity index (χ4v) is 4.32. The normalized spacial score (nSPS) is 17.3. The van der Waals surface area contributed by atoms with Gasteiger partial charge in [0.1, 0.15) is 24.3 Å². The van der Waals surface area contributed by atoms with E-state index in [1.807, 2.05) is 31.2 Å². The van der Waals surface area contributed by atoms with Crippen LogP contribution in [0.1, 0.15) is 12.1 Å². The predicted molar refractivity (Wildman–Crippen MR) is 127 cm³/mol. The van der Waals surface area contributed by atoms with Crippen LogP contribution in [0.4, 0.5) is 22.1 Å². The van der Waals surface area contributed by atoms with Crippen molar-refractivity contribution in [1.82, 2.24) is 15.0 Å². The Hall–Kier alpha value is -3.76. The summed E-state index contributed by atoms with van der Waals surface area (Å²) in [5.74, 6) is 1.37. The molecule has 10 nitrogen and oxygen atoms in total. The summed E-state index contributed by atoms with van der Waals surface area (Å²) in [6, 6.07) is 10.8. The van der Waals surface area contributed by atoms with Crippen LogP contribution in [0.15, 0.2) is 48.8 Å². The highest BCUT2D eigenvalue weighted by atomic mass is 16.5. The number of pyridine rings is 3. The second-order valence-electron chi connectivity index (χ2n) is 8.44. The maximum absolute atomic E-state index is 13.4. The van der Waals surface area contributed by atoms with E-state index in [9.17, 15) is 9.90 Å². The van der Waals surface area contributed by atoms with Crippen LogP contribution in [-0.4, -0.2) is 69.6 Å². The molecule has 2 amide bonds. The van der Waals surface area contributed by atoms with Gasteiger partial charge in [-0.25, -0.2) is 14.8 Å². The van der Waals surface area contributed by atoms with Crippen molar-refractivity contribution in [3.05, 3.63) is 54.5 Å². The number of ether oxygens (including phenoxy) is 1. The second kappa shape index (κ2) is 9.24. The van der Waals surface area contributed by atoms with E-state index < -0.39 is 12.7 Å². The van der Waals surface area contributed by atoms with Crippen molar-refractivity contribution in [1.29, 1.82) is 0 Å². The van der Waals surface area contributed by atoms with Crippen molar-refractivity contribution in [2.75, 3.05) is 41.4 Å². The molecule has 34 heavy (non-hydrogen) atoms. The Kier molecular flexibility index (Phi) is 5.99. The summed E-state index contributed by atoms with van der Waals surface area (Å²) in [5, 5.41) is 21.3. The van der Waals surface area contributed by atoms with Gasteiger partial charge in [0.2, 0.25) is 0 Å². The molecule has 2 bridgehead atoms. The highest BCUT2D eigenvalue weighted by Gasteiger charge is 2.40. The van der Waals surface area contributed by atoms with Gasteiger partial charge in [0.05, 0.1) is 24.0 Å². The number of aliphatic hydroxyl groups is 2. The van der Waals surface area contributed by atoms with Crippen LogP contribution < -0.4 is 19.9 Å². The minimum absolute atomic E-state index is 0.00793. The average Bonchev–Trinajstić information content (AvgIpc) is 3.26. The number of rotatable bonds is 6. The van der Waals surface area contributed by atoms with Gasteiger partial charge in [-0.15, -0.1) is 0 Å². The van der Waals surface area contributed by atoms with E-state index in [0.29, 0.717) is 17.4 Å². The van der Waals surface area contributed by atoms with E-state index in [1.54, 1.807) is 23.2 Å². The van der Waals surface area contributed by atoms with Gasteiger partial charge in [0.15, 0.2) is 5.82 Å². The highest BCUT2D eigenvalue weighted by molar-refractivity contribution is 6.04. The predicted octanol–water partition coefficient (Wildman–Crippen LogP) is 2.21. The molecule has 3 N–H and O–H groups in total. The Labute approximate surface area is 196 Å². The van der Waals surface area contributed by atoms with E-state index in [4.69, 9.17) is 14.8 Å². The van der Waals surface area contributed by atoms with Gasteiger partial charge in [-0.3, -0.25) is 15.2 Å². The van der Waals surface area contributed by atoms with E-state index >= 15 is 0 Å². The van der Waals surface area contributed by atoms with Crippen molar-refractivity contribution >= 4 is 23.4 Å². The van der Waals surface area contributed by atoms with Crippen molar-refractivity contribution in [3.63, 3.8) is 0 Å². The summed E-state index contributed by atoms with van der Waals surface area (Å²) in [5.41, 5.74) is 3.55. The summed E-state index contributed by atoms with van der Waals surface area (Å²) in [6.45, 7) is 3.10. The molecule has 176 valence electrons. The van der Waals surface area contributed by atoms with Crippen LogP contribution in [0.3, 0.4) is 0 Å². The van der Waals surface area contributed by atoms with Crippen LogP contribution in [0.25, 0.3) is 11.3 Å². The molecular formula is C24H26N6O4. The number of anilines is 3. The molecule has 2 aliphatic rings. The van der Waals surface area contributed by atoms with Gasteiger partial charge < -0.3 is 19.8 Å². The third kappa shape index (κ3) is 4.37. The lowest BCUT2D eigenvalue weighted by Gasteiger charge is -2.35. The molecule has 2 atom stereocenters. The fraction of sp³-hybridized carbons (Fsp3) is 0.333. The van der Waals surface area contributed by atoms with Gasteiger partial charge in [0, 0.05) is 42.8 Å². The van der Waals surface area contributed by atoms with Crippen LogP contribution in [0, 0.1) is 6.92 Å². The van der Waals surface area contributed by atoms with Crippen molar-refractivity contribution in [2.45, 2.75) is 25.5 Å². The molecule has 5 heterocycles. The van der Waals surface area contributed by atoms with Crippen molar-refractivity contribution in [3.8, 4) is 17.0 Å². The molecule has 3 aromatic rings. The first-order chi connectivity index (χ1) is 16.5. The monoisotopic (exact) mass is 462 g/mol. The molecule has 10 heteroatoms. The van der Waals surface area contributed by atoms with Crippen LogP contribution in [0.5, 0.6) is 5.75 Å². The van der Waals surface area contributed by atoms with Crippen LogP contribution >= 0.6 is 0 Å². The first-order valence-corrected chi connectivity index (χ1v) is 11.2. The van der Waals surface area contributed by atoms with Crippen LogP contribution in [0.2, 0.25) is 0 Å². The number of nitrogens with zero attached hydrogens (tertiary/aromatic N) is 5. The molecule has 0 aromatic carbocycles. The topological polar surface area (TPSA) is 124 Å². The molecule has 2 aliphatic heterocycles. The van der Waals surface area contributed by atoms with E-state index in [2.05, 4.69) is 20.2 Å². The quantitative estimate of drug-likeness (QED) is 0.509. The third-order valence-corrected chi connectivity index (χ3v) is 5.98. The average molecular weight is 463 g/mol. The van der Waals surface area contributed by atoms with E-state index in [-0.39, 0.29) is 18.7 Å². The Morgan fingerprint density at radius 2 is 2.09 bits per heavy atom. The third-order valence-electron chi connectivity index (χ3n) is 5.98. The number of urea groups is 1. The van der Waals surface area contributed by atoms with Gasteiger partial charge >= 0.3 is 6.03 Å². The Morgan fingerprint density at radius 3 is 2.91 bits per heavy atom. The van der Waals surface area contributed by atoms with Crippen molar-refractivity contribution in [2.24, 2.45) is 0 Å². The Morgan fingerprint density at radius 1 is 1.24 bits per heavy atom. The molecular weight excluding hydrogens is 436 g/mol. The summed E-state index contributed by atoms with van der Waals surface area (Å²) < 4.78 is 5.47. The smallest absolute Gasteiger partial charge is 0.329 e. The van der Waals surface area contributed by atoms with Crippen LogP contribution in [-0.2, 0) is 0 Å². The zero-order valence-electron chi connectivity index (χ0n) is 18.8. The zero-order valence-corrected chi connectivity index (χ0v) is 18.8. The van der Waals surface area contributed by atoms with E-state index in [1.165, 1.54) is 6.20 Å². The molecule has 3 aromatic heterocycles. The maximum atomic E-state index is 13.4. The molecule has 0 spiro atoms. The number of fused-ring (bicyclic) bond motifs is 4. The standard InChI is InChI=1S/C24H26N6O4/c1-15-10-16(4-7-25-15)20-2-3-21-23(27-20)30(17-6-9-29(21)12-17)24(33)28-22-11-19(5-8-26-22)34-14-18(32)13-31/h2-5,7-8,10-11,17-18,31-32H,6,9,12-14H2,1H3,(H,26,28,33)/t17?,18-/m0/s1. The molecule has 5 rings (SSSR count). The van der Waals surface area contributed by atoms with Gasteiger partial charge in [0.25, 0.3) is 0 Å². The number of carbonyl (C=O) groups is 1. The highest BCUT2D eigenvalue weighted by Crippen LogP contribution is 2.40. The summed E-state index contributed by atoms with van der Waals surface area (Å²) in [4.78, 5) is 30.8. The Bertz CT molecular complexity index is 1210. The first kappa shape index (κ1) is 22.1. The van der Waals surface area contributed by atoms with Gasteiger partial charge in [-0.2, -0.15) is 0 Å². The molecule has 0 radical (unpaired) electrons. The molecule has 1 fully saturated rings. The number of carbonyl (C=O) groups excluding carboxylic acids is 1. The number of amides is 2. The molecule has 1 saturated heterocycles.